The van der Waals surface area contributed by atoms with Gasteiger partial charge in [-0.15, -0.1) is 0 Å². The van der Waals surface area contributed by atoms with Gasteiger partial charge in [-0.2, -0.15) is 13.2 Å². The molecule has 0 bridgehead atoms. The number of nitrogens with zero attached hydrogens (tertiary/aromatic N) is 1. The molecule has 3 aromatic carbocycles. The van der Waals surface area contributed by atoms with E-state index in [1.807, 2.05) is 0 Å². The van der Waals surface area contributed by atoms with E-state index in [0.29, 0.717) is 5.56 Å². The Kier molecular flexibility index (Phi) is 6.68. The number of hydrogen-bond donors (Lipinski definition) is 2. The lowest BCUT2D eigenvalue weighted by Crippen LogP contribution is -2.47. The van der Waals surface area contributed by atoms with Gasteiger partial charge in [0.05, 0.1) is 11.3 Å². The van der Waals surface area contributed by atoms with Crippen LogP contribution in [0.25, 0.3) is 11.1 Å². The Hall–Kier alpha value is -3.63. The number of ether oxygens (including phenoxy) is 1. The molecular weight excluding hydrogens is 518 g/mol. The average Bonchev–Trinajstić information content (AvgIpc) is 2.84. The lowest BCUT2D eigenvalue weighted by Gasteiger charge is -2.39. The zero-order chi connectivity index (χ0) is 27.3. The molecule has 11 heteroatoms. The number of fused-ring (bicyclic) bond motifs is 1. The third-order valence-corrected chi connectivity index (χ3v) is 6.87. The van der Waals surface area contributed by atoms with Crippen molar-refractivity contribution in [2.24, 2.45) is 0 Å². The fourth-order valence-electron chi connectivity index (χ4n) is 4.39. The van der Waals surface area contributed by atoms with Crippen LogP contribution < -0.4 is 9.64 Å². The monoisotopic (exact) mass is 537 g/mol. The molecule has 2 unspecified atom stereocenters. The van der Waals surface area contributed by atoms with Gasteiger partial charge in [-0.1, -0.05) is 48.9 Å². The molecule has 194 valence electrons. The van der Waals surface area contributed by atoms with Crippen molar-refractivity contribution in [2.75, 3.05) is 18.6 Å². The number of alkyl halides is 3. The molecule has 0 aromatic heterocycles. The summed E-state index contributed by atoms with van der Waals surface area (Å²) in [6, 6.07) is 11.2. The molecule has 37 heavy (non-hydrogen) atoms. The molecule has 1 amide bonds. The molecular formula is C26H20ClF4NO5. The van der Waals surface area contributed by atoms with E-state index in [4.69, 9.17) is 21.4 Å². The number of carbonyl (C=O) groups is 2. The highest BCUT2D eigenvalue weighted by atomic mass is 35.5. The largest absolute Gasteiger partial charge is 0.481 e. The van der Waals surface area contributed by atoms with Crippen molar-refractivity contribution < 1.29 is 42.1 Å². The molecule has 3 aromatic rings. The molecule has 1 aliphatic heterocycles. The van der Waals surface area contributed by atoms with E-state index < -0.39 is 53.1 Å². The van der Waals surface area contributed by atoms with Crippen LogP contribution in [-0.2, 0) is 10.4 Å². The SMILES string of the molecule is CC(c1ccc(-c2ccc(C(=O)O)c(F)c2)cc1Cl)C(O)(c1cccc2c1OCC(=O)N2C)C(F)(F)F. The van der Waals surface area contributed by atoms with Gasteiger partial charge in [-0.25, -0.2) is 9.18 Å². The van der Waals surface area contributed by atoms with Crippen LogP contribution in [0.15, 0.2) is 54.6 Å². The number of carboxylic acids is 1. The fourth-order valence-corrected chi connectivity index (χ4v) is 4.73. The normalized spacial score (nSPS) is 16.0. The minimum absolute atomic E-state index is 0.0503. The summed E-state index contributed by atoms with van der Waals surface area (Å²) in [5.41, 5.74) is -3.95. The maximum Gasteiger partial charge on any atom is 0.422 e. The highest BCUT2D eigenvalue weighted by Crippen LogP contribution is 2.54. The van der Waals surface area contributed by atoms with E-state index in [2.05, 4.69) is 0 Å². The lowest BCUT2D eigenvalue weighted by molar-refractivity contribution is -0.275. The van der Waals surface area contributed by atoms with Crippen molar-refractivity contribution in [1.82, 2.24) is 0 Å². The van der Waals surface area contributed by atoms with E-state index >= 15 is 0 Å². The van der Waals surface area contributed by atoms with E-state index in [9.17, 15) is 32.3 Å². The van der Waals surface area contributed by atoms with Crippen LogP contribution >= 0.6 is 11.6 Å². The van der Waals surface area contributed by atoms with Gasteiger partial charge in [0, 0.05) is 23.6 Å². The summed E-state index contributed by atoms with van der Waals surface area (Å²) >= 11 is 6.37. The number of halogens is 5. The molecule has 0 saturated heterocycles. The second-order valence-corrected chi connectivity index (χ2v) is 9.02. The van der Waals surface area contributed by atoms with Gasteiger partial charge in [0.15, 0.2) is 12.2 Å². The minimum Gasteiger partial charge on any atom is -0.481 e. The Morgan fingerprint density at radius 3 is 2.35 bits per heavy atom. The van der Waals surface area contributed by atoms with E-state index in [1.165, 1.54) is 43.4 Å². The number of carbonyl (C=O) groups excluding carboxylic acids is 1. The predicted molar refractivity (Wildman–Crippen MR) is 128 cm³/mol. The number of carboxylic acid groups (broad SMARTS) is 1. The summed E-state index contributed by atoms with van der Waals surface area (Å²) in [6.07, 6.45) is -5.18. The third-order valence-electron chi connectivity index (χ3n) is 6.54. The molecule has 0 spiro atoms. The van der Waals surface area contributed by atoms with Gasteiger partial charge in [-0.3, -0.25) is 4.79 Å². The van der Waals surface area contributed by atoms with Crippen LogP contribution in [-0.4, -0.2) is 41.9 Å². The molecule has 4 rings (SSSR count). The maximum absolute atomic E-state index is 14.6. The first-order valence-corrected chi connectivity index (χ1v) is 11.3. The maximum atomic E-state index is 14.6. The zero-order valence-corrected chi connectivity index (χ0v) is 20.2. The van der Waals surface area contributed by atoms with Crippen molar-refractivity contribution in [3.8, 4) is 16.9 Å². The van der Waals surface area contributed by atoms with E-state index in [1.54, 1.807) is 0 Å². The second-order valence-electron chi connectivity index (χ2n) is 8.62. The number of aliphatic hydroxyl groups is 1. The summed E-state index contributed by atoms with van der Waals surface area (Å²) in [4.78, 5) is 24.2. The first-order valence-electron chi connectivity index (χ1n) is 10.9. The molecule has 1 heterocycles. The molecule has 0 radical (unpaired) electrons. The molecule has 0 aliphatic carbocycles. The molecule has 2 atom stereocenters. The summed E-state index contributed by atoms with van der Waals surface area (Å²) in [5.74, 6) is -4.79. The second kappa shape index (κ2) is 9.35. The van der Waals surface area contributed by atoms with Gasteiger partial charge in [0.2, 0.25) is 0 Å². The standard InChI is InChI=1S/C26H20ClF4NO5/c1-13(16-8-6-14(10-19(16)27)15-7-9-17(24(34)35)20(28)11-15)25(36,26(29,30)31)18-4-3-5-21-23(18)37-12-22(33)32(21)2/h3-11,13,36H,12H2,1-2H3,(H,34,35). The van der Waals surface area contributed by atoms with Crippen molar-refractivity contribution >= 4 is 29.2 Å². The Morgan fingerprint density at radius 1 is 1.11 bits per heavy atom. The predicted octanol–water partition coefficient (Wildman–Crippen LogP) is 5.75. The van der Waals surface area contributed by atoms with Gasteiger partial charge in [0.25, 0.3) is 5.91 Å². The van der Waals surface area contributed by atoms with Crippen LogP contribution in [0.1, 0.15) is 34.3 Å². The molecule has 0 fully saturated rings. The quantitative estimate of drug-likeness (QED) is 0.405. The Bertz CT molecular complexity index is 1410. The number of aromatic carboxylic acids is 1. The van der Waals surface area contributed by atoms with Gasteiger partial charge in [-0.05, 0) is 41.0 Å². The van der Waals surface area contributed by atoms with Crippen LogP contribution in [0.4, 0.5) is 23.2 Å². The summed E-state index contributed by atoms with van der Waals surface area (Å²) in [6.45, 7) is 0.669. The van der Waals surface area contributed by atoms with Crippen molar-refractivity contribution in [1.29, 1.82) is 0 Å². The van der Waals surface area contributed by atoms with Crippen LogP contribution in [0.2, 0.25) is 5.02 Å². The molecule has 6 nitrogen and oxygen atoms in total. The van der Waals surface area contributed by atoms with Crippen molar-refractivity contribution in [2.45, 2.75) is 24.6 Å². The van der Waals surface area contributed by atoms with Crippen LogP contribution in [0.5, 0.6) is 5.75 Å². The average molecular weight is 538 g/mol. The molecule has 1 aliphatic rings. The van der Waals surface area contributed by atoms with E-state index in [0.717, 1.165) is 30.0 Å². The Morgan fingerprint density at radius 2 is 1.76 bits per heavy atom. The number of para-hydroxylation sites is 1. The van der Waals surface area contributed by atoms with Crippen LogP contribution in [0, 0.1) is 5.82 Å². The third kappa shape index (κ3) is 4.40. The number of hydrogen-bond acceptors (Lipinski definition) is 4. The van der Waals surface area contributed by atoms with Gasteiger partial charge >= 0.3 is 12.1 Å². The molecule has 2 N–H and O–H groups in total. The Labute approximate surface area is 213 Å². The topological polar surface area (TPSA) is 87.1 Å². The van der Waals surface area contributed by atoms with Gasteiger partial charge < -0.3 is 19.8 Å². The number of benzene rings is 3. The first kappa shape index (κ1) is 26.4. The number of rotatable bonds is 5. The lowest BCUT2D eigenvalue weighted by atomic mass is 9.76. The van der Waals surface area contributed by atoms with Crippen LogP contribution in [0.3, 0.4) is 0 Å². The summed E-state index contributed by atoms with van der Waals surface area (Å²) in [7, 11) is 1.39. The van der Waals surface area contributed by atoms with E-state index in [-0.39, 0.29) is 27.6 Å². The fraction of sp³-hybridized carbons (Fsp3) is 0.231. The highest BCUT2D eigenvalue weighted by molar-refractivity contribution is 6.31. The first-order chi connectivity index (χ1) is 17.3. The summed E-state index contributed by atoms with van der Waals surface area (Å²) in [5, 5.41) is 20.2. The number of likely N-dealkylation sites (N-methyl/N-ethyl adjacent to an activating group) is 1. The smallest absolute Gasteiger partial charge is 0.422 e. The minimum atomic E-state index is -5.18. The Balaban J connectivity index is 1.80. The van der Waals surface area contributed by atoms with Gasteiger partial charge in [0.1, 0.15) is 11.6 Å². The summed E-state index contributed by atoms with van der Waals surface area (Å²) < 4.78 is 63.2. The highest BCUT2D eigenvalue weighted by Gasteiger charge is 2.60. The van der Waals surface area contributed by atoms with Crippen molar-refractivity contribution in [3.63, 3.8) is 0 Å². The molecule has 0 saturated carbocycles. The number of anilines is 1. The zero-order valence-electron chi connectivity index (χ0n) is 19.4. The number of amides is 1. The van der Waals surface area contributed by atoms with Crippen molar-refractivity contribution in [3.05, 3.63) is 82.1 Å².